The summed E-state index contributed by atoms with van der Waals surface area (Å²) in [6.07, 6.45) is 0. The number of fused-ring (bicyclic) bond motifs is 1. The summed E-state index contributed by atoms with van der Waals surface area (Å²) in [6, 6.07) is 3.75. The van der Waals surface area contributed by atoms with Crippen LogP contribution in [0, 0.1) is 0 Å². The molecule has 0 atom stereocenters. The fourth-order valence-corrected chi connectivity index (χ4v) is 1.80. The summed E-state index contributed by atoms with van der Waals surface area (Å²) in [5, 5.41) is 0. The molecule has 2 nitrogen and oxygen atoms in total. The van der Waals surface area contributed by atoms with E-state index < -0.39 is 12.4 Å². The van der Waals surface area contributed by atoms with Crippen molar-refractivity contribution in [1.29, 1.82) is 0 Å². The molecule has 1 heterocycles. The van der Waals surface area contributed by atoms with Crippen molar-refractivity contribution in [2.24, 2.45) is 0 Å². The SMILES string of the molecule is CN1Cc2c(cccc2[B-](F)(F)F)C1=O.[K+]. The second-order valence-corrected chi connectivity index (χ2v) is 3.61. The van der Waals surface area contributed by atoms with Gasteiger partial charge in [0.25, 0.3) is 5.91 Å². The van der Waals surface area contributed by atoms with Crippen molar-refractivity contribution in [1.82, 2.24) is 4.90 Å². The van der Waals surface area contributed by atoms with Gasteiger partial charge in [0.15, 0.2) is 0 Å². The van der Waals surface area contributed by atoms with Crippen LogP contribution in [-0.4, -0.2) is 24.8 Å². The van der Waals surface area contributed by atoms with Crippen LogP contribution >= 0.6 is 0 Å². The van der Waals surface area contributed by atoms with Gasteiger partial charge < -0.3 is 17.8 Å². The molecule has 16 heavy (non-hydrogen) atoms. The number of amides is 1. The van der Waals surface area contributed by atoms with E-state index in [1.807, 2.05) is 0 Å². The molecular weight excluding hydrogens is 245 g/mol. The van der Waals surface area contributed by atoms with Gasteiger partial charge in [-0.05, 0) is 11.6 Å². The number of halogens is 3. The first-order valence-corrected chi connectivity index (χ1v) is 4.48. The number of nitrogens with zero attached hydrogens (tertiary/aromatic N) is 1. The van der Waals surface area contributed by atoms with Crippen LogP contribution < -0.4 is 56.8 Å². The number of hydrogen-bond acceptors (Lipinski definition) is 1. The van der Waals surface area contributed by atoms with E-state index >= 15 is 0 Å². The summed E-state index contributed by atoms with van der Waals surface area (Å²) in [5.74, 6) is -0.341. The third kappa shape index (κ3) is 2.38. The van der Waals surface area contributed by atoms with Gasteiger partial charge in [0.05, 0.1) is 0 Å². The molecule has 0 unspecified atom stereocenters. The van der Waals surface area contributed by atoms with E-state index in [9.17, 15) is 17.7 Å². The van der Waals surface area contributed by atoms with Crippen LogP contribution in [-0.2, 0) is 6.54 Å². The van der Waals surface area contributed by atoms with E-state index in [2.05, 4.69) is 0 Å². The van der Waals surface area contributed by atoms with Gasteiger partial charge in [0, 0.05) is 19.2 Å². The Morgan fingerprint density at radius 3 is 2.50 bits per heavy atom. The largest absolute Gasteiger partial charge is 1.00 e. The fourth-order valence-electron chi connectivity index (χ4n) is 1.80. The maximum absolute atomic E-state index is 12.6. The molecule has 0 spiro atoms. The Labute approximate surface area is 134 Å². The molecule has 0 N–H and O–H groups in total. The maximum Gasteiger partial charge on any atom is 1.00 e. The van der Waals surface area contributed by atoms with Gasteiger partial charge in [0.2, 0.25) is 0 Å². The first-order chi connectivity index (χ1) is 6.91. The zero-order chi connectivity index (χ0) is 11.2. The standard InChI is InChI=1S/C9H8BF3NO.K/c1-14-5-7-6(9(14)15)3-2-4-8(7)10(11,12)13;/h2-4H,5H2,1H3;/q-1;+1. The van der Waals surface area contributed by atoms with Crippen LogP contribution in [0.5, 0.6) is 0 Å². The minimum atomic E-state index is -5.04. The second-order valence-electron chi connectivity index (χ2n) is 3.61. The van der Waals surface area contributed by atoms with Crippen LogP contribution in [0.4, 0.5) is 12.9 Å². The molecule has 7 heteroatoms. The zero-order valence-electron chi connectivity index (χ0n) is 9.01. The van der Waals surface area contributed by atoms with Gasteiger partial charge in [-0.15, -0.1) is 5.46 Å². The normalized spacial score (nSPS) is 14.8. The summed E-state index contributed by atoms with van der Waals surface area (Å²) in [7, 11) is 1.50. The van der Waals surface area contributed by atoms with Crippen LogP contribution in [0.2, 0.25) is 0 Å². The summed E-state index contributed by atoms with van der Waals surface area (Å²) in [4.78, 5) is 12.7. The van der Waals surface area contributed by atoms with Crippen molar-refractivity contribution >= 4 is 18.3 Å². The van der Waals surface area contributed by atoms with Gasteiger partial charge >= 0.3 is 58.4 Å². The van der Waals surface area contributed by atoms with Crippen molar-refractivity contribution in [3.05, 3.63) is 29.3 Å². The van der Waals surface area contributed by atoms with E-state index in [0.717, 1.165) is 6.07 Å². The van der Waals surface area contributed by atoms with Crippen LogP contribution in [0.15, 0.2) is 18.2 Å². The third-order valence-corrected chi connectivity index (χ3v) is 2.54. The van der Waals surface area contributed by atoms with E-state index in [1.165, 1.54) is 24.1 Å². The van der Waals surface area contributed by atoms with Crippen LogP contribution in [0.1, 0.15) is 15.9 Å². The zero-order valence-corrected chi connectivity index (χ0v) is 12.1. The smallest absolute Gasteiger partial charge is 0.445 e. The summed E-state index contributed by atoms with van der Waals surface area (Å²) in [6.45, 7) is -4.99. The van der Waals surface area contributed by atoms with Gasteiger partial charge in [-0.3, -0.25) is 4.79 Å². The predicted octanol–water partition coefficient (Wildman–Crippen LogP) is -1.67. The van der Waals surface area contributed by atoms with Crippen molar-refractivity contribution in [2.75, 3.05) is 7.05 Å². The molecule has 0 fully saturated rings. The minimum absolute atomic E-state index is 0. The Balaban J connectivity index is 0.00000128. The molecule has 0 aliphatic carbocycles. The molecule has 1 aromatic rings. The van der Waals surface area contributed by atoms with E-state index in [1.54, 1.807) is 0 Å². The molecule has 1 aromatic carbocycles. The topological polar surface area (TPSA) is 20.3 Å². The quantitative estimate of drug-likeness (QED) is 0.548. The monoisotopic (exact) mass is 253 g/mol. The van der Waals surface area contributed by atoms with Gasteiger partial charge in [-0.2, -0.15) is 0 Å². The number of carbonyl (C=O) groups is 1. The van der Waals surface area contributed by atoms with E-state index in [0.29, 0.717) is 0 Å². The number of carbonyl (C=O) groups excluding carboxylic acids is 1. The van der Waals surface area contributed by atoms with Crippen LogP contribution in [0.25, 0.3) is 0 Å². The van der Waals surface area contributed by atoms with Gasteiger partial charge in [0.1, 0.15) is 0 Å². The van der Waals surface area contributed by atoms with Crippen molar-refractivity contribution in [3.8, 4) is 0 Å². The Morgan fingerprint density at radius 1 is 1.31 bits per heavy atom. The first-order valence-electron chi connectivity index (χ1n) is 4.48. The number of hydrogen-bond donors (Lipinski definition) is 0. The third-order valence-electron chi connectivity index (χ3n) is 2.54. The first kappa shape index (κ1) is 14.2. The molecule has 1 amide bonds. The summed E-state index contributed by atoms with van der Waals surface area (Å²) >= 11 is 0. The predicted molar refractivity (Wildman–Crippen MR) is 51.0 cm³/mol. The summed E-state index contributed by atoms with van der Waals surface area (Å²) < 4.78 is 37.9. The Hall–Kier alpha value is 0.181. The second kappa shape index (κ2) is 4.81. The Kier molecular flexibility index (Phi) is 4.29. The molecule has 80 valence electrons. The van der Waals surface area contributed by atoms with Crippen LogP contribution in [0.3, 0.4) is 0 Å². The number of benzene rings is 1. The average molecular weight is 253 g/mol. The molecule has 0 aromatic heterocycles. The Morgan fingerprint density at radius 2 is 1.94 bits per heavy atom. The molecule has 0 saturated heterocycles. The van der Waals surface area contributed by atoms with E-state index in [-0.39, 0.29) is 75.0 Å². The molecule has 2 rings (SSSR count). The Bertz CT molecular complexity index is 435. The fraction of sp³-hybridized carbons (Fsp3) is 0.222. The molecule has 1 aliphatic rings. The maximum atomic E-state index is 12.6. The van der Waals surface area contributed by atoms with E-state index in [4.69, 9.17) is 0 Å². The molecule has 0 radical (unpaired) electrons. The van der Waals surface area contributed by atoms with Gasteiger partial charge in [-0.25, -0.2) is 0 Å². The minimum Gasteiger partial charge on any atom is -0.445 e. The molecule has 0 saturated carbocycles. The number of rotatable bonds is 1. The molecule has 1 aliphatic heterocycles. The average Bonchev–Trinajstić information content (AvgIpc) is 2.41. The van der Waals surface area contributed by atoms with Crippen molar-refractivity contribution < 1.29 is 69.1 Å². The molecule has 0 bridgehead atoms. The summed E-state index contributed by atoms with van der Waals surface area (Å²) in [5.41, 5.74) is -0.364. The van der Waals surface area contributed by atoms with Gasteiger partial charge in [-0.1, -0.05) is 12.1 Å². The van der Waals surface area contributed by atoms with Crippen molar-refractivity contribution in [2.45, 2.75) is 6.54 Å². The van der Waals surface area contributed by atoms with Crippen molar-refractivity contribution in [3.63, 3.8) is 0 Å². The molecular formula is C9H8BF3KNO.